The lowest BCUT2D eigenvalue weighted by molar-refractivity contribution is 0.483. The number of ether oxygens (including phenoxy) is 1. The Morgan fingerprint density at radius 1 is 0.880 bits per heavy atom. The van der Waals surface area contributed by atoms with Gasteiger partial charge in [0.1, 0.15) is 17.3 Å². The molecular formula is C20H22N4O. The summed E-state index contributed by atoms with van der Waals surface area (Å²) in [5.41, 5.74) is 1.81. The fraction of sp³-hybridized carbons (Fsp3) is 0.200. The van der Waals surface area contributed by atoms with Gasteiger partial charge in [0.2, 0.25) is 5.95 Å². The summed E-state index contributed by atoms with van der Waals surface area (Å²) in [6.07, 6.45) is 0. The molecule has 0 saturated carbocycles. The number of nitrogens with one attached hydrogen (secondary N) is 2. The summed E-state index contributed by atoms with van der Waals surface area (Å²) in [6.45, 7) is 6.11. The summed E-state index contributed by atoms with van der Waals surface area (Å²) in [5.74, 6) is 2.98. The summed E-state index contributed by atoms with van der Waals surface area (Å²) < 4.78 is 5.80. The first-order valence-electron chi connectivity index (χ1n) is 8.31. The molecule has 1 aromatic heterocycles. The van der Waals surface area contributed by atoms with Crippen molar-refractivity contribution in [3.8, 4) is 11.5 Å². The third-order valence-corrected chi connectivity index (χ3v) is 3.38. The van der Waals surface area contributed by atoms with Crippen molar-refractivity contribution in [1.29, 1.82) is 0 Å². The van der Waals surface area contributed by atoms with E-state index in [9.17, 15) is 0 Å². The largest absolute Gasteiger partial charge is 0.457 e. The van der Waals surface area contributed by atoms with Crippen LogP contribution in [0.15, 0.2) is 60.7 Å². The number of rotatable bonds is 6. The predicted octanol–water partition coefficient (Wildman–Crippen LogP) is 5.14. The van der Waals surface area contributed by atoms with Crippen LogP contribution in [0, 0.1) is 6.92 Å². The lowest BCUT2D eigenvalue weighted by atomic mass is 10.3. The molecule has 25 heavy (non-hydrogen) atoms. The van der Waals surface area contributed by atoms with Gasteiger partial charge < -0.3 is 15.4 Å². The minimum atomic E-state index is 0.316. The number of aromatic nitrogens is 2. The average molecular weight is 334 g/mol. The Morgan fingerprint density at radius 2 is 1.56 bits per heavy atom. The van der Waals surface area contributed by atoms with Crippen LogP contribution >= 0.6 is 0 Å². The predicted molar refractivity (Wildman–Crippen MR) is 102 cm³/mol. The average Bonchev–Trinajstić information content (AvgIpc) is 2.56. The molecule has 2 aromatic carbocycles. The Morgan fingerprint density at radius 3 is 2.24 bits per heavy atom. The fourth-order valence-corrected chi connectivity index (χ4v) is 2.35. The third kappa shape index (κ3) is 4.94. The Kier molecular flexibility index (Phi) is 5.14. The van der Waals surface area contributed by atoms with Crippen molar-refractivity contribution in [3.63, 3.8) is 0 Å². The van der Waals surface area contributed by atoms with E-state index in [0.717, 1.165) is 28.7 Å². The van der Waals surface area contributed by atoms with Gasteiger partial charge in [0, 0.05) is 23.5 Å². The molecule has 0 fully saturated rings. The van der Waals surface area contributed by atoms with E-state index in [0.29, 0.717) is 12.0 Å². The Balaban J connectivity index is 1.70. The smallest absolute Gasteiger partial charge is 0.229 e. The van der Waals surface area contributed by atoms with Crippen LogP contribution < -0.4 is 15.4 Å². The molecule has 1 heterocycles. The number of benzene rings is 2. The van der Waals surface area contributed by atoms with Crippen molar-refractivity contribution in [2.24, 2.45) is 0 Å². The topological polar surface area (TPSA) is 59.1 Å². The maximum Gasteiger partial charge on any atom is 0.229 e. The van der Waals surface area contributed by atoms with Crippen LogP contribution in [0.25, 0.3) is 0 Å². The second-order valence-corrected chi connectivity index (χ2v) is 6.08. The van der Waals surface area contributed by atoms with Gasteiger partial charge >= 0.3 is 0 Å². The van der Waals surface area contributed by atoms with Crippen LogP contribution in [0.2, 0.25) is 0 Å². The molecule has 0 aliphatic rings. The second-order valence-electron chi connectivity index (χ2n) is 6.08. The maximum absolute atomic E-state index is 5.80. The van der Waals surface area contributed by atoms with Crippen LogP contribution in [0.5, 0.6) is 11.5 Å². The molecule has 0 atom stereocenters. The van der Waals surface area contributed by atoms with Gasteiger partial charge in [0.25, 0.3) is 0 Å². The zero-order valence-corrected chi connectivity index (χ0v) is 14.7. The van der Waals surface area contributed by atoms with E-state index in [1.165, 1.54) is 0 Å². The Bertz CT molecular complexity index is 817. The number of anilines is 3. The fourth-order valence-electron chi connectivity index (χ4n) is 2.35. The van der Waals surface area contributed by atoms with Crippen molar-refractivity contribution < 1.29 is 4.74 Å². The molecule has 3 rings (SSSR count). The van der Waals surface area contributed by atoms with E-state index >= 15 is 0 Å². The normalized spacial score (nSPS) is 10.6. The van der Waals surface area contributed by atoms with Crippen LogP contribution in [-0.4, -0.2) is 16.0 Å². The first kappa shape index (κ1) is 16.8. The van der Waals surface area contributed by atoms with E-state index in [-0.39, 0.29) is 0 Å². The highest BCUT2D eigenvalue weighted by molar-refractivity contribution is 5.56. The molecule has 0 radical (unpaired) electrons. The highest BCUT2D eigenvalue weighted by Gasteiger charge is 2.04. The molecule has 3 aromatic rings. The van der Waals surface area contributed by atoms with Crippen molar-refractivity contribution in [2.45, 2.75) is 26.8 Å². The molecule has 0 bridgehead atoms. The van der Waals surface area contributed by atoms with Gasteiger partial charge in [0.15, 0.2) is 0 Å². The minimum Gasteiger partial charge on any atom is -0.457 e. The lowest BCUT2D eigenvalue weighted by Crippen LogP contribution is -2.12. The van der Waals surface area contributed by atoms with E-state index in [1.54, 1.807) is 0 Å². The quantitative estimate of drug-likeness (QED) is 0.653. The van der Waals surface area contributed by atoms with E-state index in [4.69, 9.17) is 4.74 Å². The SMILES string of the molecule is Cc1cc(NC(C)C)nc(Nc2ccc(Oc3ccccc3)cc2)n1. The molecule has 0 spiro atoms. The van der Waals surface area contributed by atoms with Crippen molar-refractivity contribution in [1.82, 2.24) is 9.97 Å². The van der Waals surface area contributed by atoms with E-state index < -0.39 is 0 Å². The summed E-state index contributed by atoms with van der Waals surface area (Å²) in [5, 5.41) is 6.53. The Labute approximate surface area is 148 Å². The van der Waals surface area contributed by atoms with Gasteiger partial charge in [-0.1, -0.05) is 18.2 Å². The molecule has 128 valence electrons. The first-order chi connectivity index (χ1) is 12.1. The molecule has 5 heteroatoms. The first-order valence-corrected chi connectivity index (χ1v) is 8.31. The zero-order valence-electron chi connectivity index (χ0n) is 14.7. The standard InChI is InChI=1S/C20H22N4O/c1-14(2)21-19-13-15(3)22-20(24-19)23-16-9-11-18(12-10-16)25-17-7-5-4-6-8-17/h4-14H,1-3H3,(H2,21,22,23,24). The van der Waals surface area contributed by atoms with Crippen molar-refractivity contribution >= 4 is 17.5 Å². The molecule has 0 saturated heterocycles. The Hall–Kier alpha value is -3.08. The molecule has 0 aliphatic heterocycles. The monoisotopic (exact) mass is 334 g/mol. The summed E-state index contributed by atoms with van der Waals surface area (Å²) in [6, 6.07) is 19.7. The minimum absolute atomic E-state index is 0.316. The molecular weight excluding hydrogens is 312 g/mol. The molecule has 5 nitrogen and oxygen atoms in total. The maximum atomic E-state index is 5.80. The van der Waals surface area contributed by atoms with E-state index in [2.05, 4.69) is 34.4 Å². The number of hydrogen-bond acceptors (Lipinski definition) is 5. The van der Waals surface area contributed by atoms with Gasteiger partial charge in [-0.15, -0.1) is 0 Å². The molecule has 0 amide bonds. The highest BCUT2D eigenvalue weighted by atomic mass is 16.5. The lowest BCUT2D eigenvalue weighted by Gasteiger charge is -2.12. The number of aryl methyl sites for hydroxylation is 1. The van der Waals surface area contributed by atoms with Gasteiger partial charge in [-0.05, 0) is 57.2 Å². The van der Waals surface area contributed by atoms with Gasteiger partial charge in [-0.3, -0.25) is 0 Å². The van der Waals surface area contributed by atoms with Gasteiger partial charge in [-0.25, -0.2) is 4.98 Å². The second kappa shape index (κ2) is 7.66. The van der Waals surface area contributed by atoms with Crippen LogP contribution in [0.3, 0.4) is 0 Å². The highest BCUT2D eigenvalue weighted by Crippen LogP contribution is 2.24. The summed E-state index contributed by atoms with van der Waals surface area (Å²) in [4.78, 5) is 8.93. The van der Waals surface area contributed by atoms with Crippen LogP contribution in [-0.2, 0) is 0 Å². The summed E-state index contributed by atoms with van der Waals surface area (Å²) >= 11 is 0. The molecule has 2 N–H and O–H groups in total. The van der Waals surface area contributed by atoms with Gasteiger partial charge in [-0.2, -0.15) is 4.98 Å². The van der Waals surface area contributed by atoms with E-state index in [1.807, 2.05) is 67.6 Å². The van der Waals surface area contributed by atoms with Crippen LogP contribution in [0.1, 0.15) is 19.5 Å². The van der Waals surface area contributed by atoms with Crippen LogP contribution in [0.4, 0.5) is 17.5 Å². The third-order valence-electron chi connectivity index (χ3n) is 3.38. The number of nitrogens with zero attached hydrogens (tertiary/aromatic N) is 2. The summed E-state index contributed by atoms with van der Waals surface area (Å²) in [7, 11) is 0. The van der Waals surface area contributed by atoms with Crippen molar-refractivity contribution in [2.75, 3.05) is 10.6 Å². The van der Waals surface area contributed by atoms with Gasteiger partial charge in [0.05, 0.1) is 0 Å². The number of hydrogen-bond donors (Lipinski definition) is 2. The zero-order chi connectivity index (χ0) is 17.6. The number of para-hydroxylation sites is 1. The molecule has 0 unspecified atom stereocenters. The molecule has 0 aliphatic carbocycles. The van der Waals surface area contributed by atoms with Crippen molar-refractivity contribution in [3.05, 3.63) is 66.4 Å².